The molecule has 0 aliphatic heterocycles. The highest BCUT2D eigenvalue weighted by Crippen LogP contribution is 2.33. The lowest BCUT2D eigenvalue weighted by atomic mass is 10.2. The van der Waals surface area contributed by atoms with E-state index in [0.29, 0.717) is 5.56 Å². The van der Waals surface area contributed by atoms with Crippen molar-refractivity contribution < 1.29 is 13.9 Å². The van der Waals surface area contributed by atoms with Crippen LogP contribution in [0.5, 0.6) is 0 Å². The molecule has 0 aliphatic rings. The fraction of sp³-hybridized carbons (Fsp3) is 0.250. The van der Waals surface area contributed by atoms with Gasteiger partial charge in [0.25, 0.3) is 0 Å². The Kier molecular flexibility index (Phi) is 4.48. The number of hydrogen-bond acceptors (Lipinski definition) is 3. The van der Waals surface area contributed by atoms with Crippen LogP contribution < -0.4 is 0 Å². The molecular weight excluding hydrogens is 356 g/mol. The van der Waals surface area contributed by atoms with Crippen LogP contribution in [0.25, 0.3) is 0 Å². The van der Waals surface area contributed by atoms with Crippen molar-refractivity contribution in [1.82, 2.24) is 4.98 Å². The van der Waals surface area contributed by atoms with E-state index in [1.165, 1.54) is 7.11 Å². The third-order valence-electron chi connectivity index (χ3n) is 1.58. The van der Waals surface area contributed by atoms with E-state index in [1.54, 1.807) is 0 Å². The molecule has 1 aromatic heterocycles. The number of pyridine rings is 1. The van der Waals surface area contributed by atoms with Crippen LogP contribution in [0.1, 0.15) is 19.8 Å². The lowest BCUT2D eigenvalue weighted by molar-refractivity contribution is 0.0593. The van der Waals surface area contributed by atoms with Crippen LogP contribution >= 0.6 is 43.5 Å². The molecule has 7 heteroatoms. The first-order chi connectivity index (χ1) is 6.97. The van der Waals surface area contributed by atoms with Crippen LogP contribution in [-0.4, -0.2) is 18.1 Å². The molecule has 0 radical (unpaired) electrons. The summed E-state index contributed by atoms with van der Waals surface area (Å²) in [6.45, 7) is 0. The third-order valence-corrected chi connectivity index (χ3v) is 2.83. The van der Waals surface area contributed by atoms with Crippen molar-refractivity contribution in [3.63, 3.8) is 0 Å². The van der Waals surface area contributed by atoms with Gasteiger partial charge in [-0.15, -0.1) is 0 Å². The zero-order valence-electron chi connectivity index (χ0n) is 7.43. The Morgan fingerprint density at radius 1 is 1.67 bits per heavy atom. The second-order valence-corrected chi connectivity index (χ2v) is 5.91. The predicted octanol–water partition coefficient (Wildman–Crippen LogP) is 3.45. The van der Waals surface area contributed by atoms with Crippen molar-refractivity contribution in [2.24, 2.45) is 0 Å². The molecule has 1 aromatic rings. The fourth-order valence-corrected chi connectivity index (χ4v) is 1.74. The smallest absolute Gasteiger partial charge is 0.357 e. The van der Waals surface area contributed by atoms with E-state index in [1.807, 2.05) is 0 Å². The summed E-state index contributed by atoms with van der Waals surface area (Å²) in [7, 11) is 1.21. The normalized spacial score (nSPS) is 10.5. The zero-order chi connectivity index (χ0) is 11.6. The number of nitrogens with zero attached hydrogens (tertiary/aromatic N) is 1. The molecule has 0 bridgehead atoms. The van der Waals surface area contributed by atoms with Gasteiger partial charge in [0.05, 0.1) is 10.8 Å². The molecule has 1 rings (SSSR count). The molecule has 82 valence electrons. The molecule has 0 aliphatic carbocycles. The lowest BCUT2D eigenvalue weighted by Gasteiger charge is -2.08. The topological polar surface area (TPSA) is 39.2 Å². The summed E-state index contributed by atoms with van der Waals surface area (Å²) in [6, 6.07) is 1.12. The summed E-state index contributed by atoms with van der Waals surface area (Å²) in [4.78, 5) is 14.9. The van der Waals surface area contributed by atoms with E-state index in [9.17, 15) is 9.18 Å². The van der Waals surface area contributed by atoms with E-state index in [0.717, 1.165) is 6.07 Å². The first-order valence-corrected chi connectivity index (χ1v) is 5.90. The minimum atomic E-state index is -0.691. The molecule has 0 amide bonds. The van der Waals surface area contributed by atoms with Gasteiger partial charge in [-0.1, -0.05) is 43.5 Å². The summed E-state index contributed by atoms with van der Waals surface area (Å²) >= 11 is 11.8. The Morgan fingerprint density at radius 3 is 2.73 bits per heavy atom. The number of rotatable bonds is 2. The Hall–Kier alpha value is -0.200. The summed E-state index contributed by atoms with van der Waals surface area (Å²) in [5.41, 5.74) is 0.298. The molecule has 15 heavy (non-hydrogen) atoms. The second kappa shape index (κ2) is 5.23. The Bertz CT molecular complexity index is 400. The highest BCUT2D eigenvalue weighted by atomic mass is 79.9. The van der Waals surface area contributed by atoms with Crippen LogP contribution in [0.2, 0.25) is 5.15 Å². The fourth-order valence-electron chi connectivity index (χ4n) is 0.907. The van der Waals surface area contributed by atoms with Gasteiger partial charge in [-0.2, -0.15) is 0 Å². The average molecular weight is 361 g/mol. The van der Waals surface area contributed by atoms with E-state index < -0.39 is 15.5 Å². The van der Waals surface area contributed by atoms with E-state index in [2.05, 4.69) is 41.6 Å². The van der Waals surface area contributed by atoms with E-state index in [4.69, 9.17) is 11.6 Å². The predicted molar refractivity (Wildman–Crippen MR) is 61.1 cm³/mol. The van der Waals surface area contributed by atoms with Gasteiger partial charge in [0, 0.05) is 5.56 Å². The summed E-state index contributed by atoms with van der Waals surface area (Å²) in [6.07, 6.45) is 0. The van der Waals surface area contributed by atoms with Gasteiger partial charge in [0.15, 0.2) is 16.7 Å². The Labute approximate surface area is 107 Å². The molecule has 0 aromatic carbocycles. The molecule has 3 nitrogen and oxygen atoms in total. The molecule has 0 saturated heterocycles. The van der Waals surface area contributed by atoms with Gasteiger partial charge in [0.2, 0.25) is 0 Å². The van der Waals surface area contributed by atoms with Crippen molar-refractivity contribution in [1.29, 1.82) is 0 Å². The van der Waals surface area contributed by atoms with Gasteiger partial charge in [-0.25, -0.2) is 14.2 Å². The third kappa shape index (κ3) is 2.89. The van der Waals surface area contributed by atoms with Crippen LogP contribution in [0, 0.1) is 5.82 Å². The van der Waals surface area contributed by atoms with E-state index >= 15 is 0 Å². The van der Waals surface area contributed by atoms with Crippen LogP contribution in [-0.2, 0) is 4.74 Å². The molecule has 0 saturated carbocycles. The van der Waals surface area contributed by atoms with Crippen molar-refractivity contribution in [2.45, 2.75) is 3.74 Å². The number of carbonyl (C=O) groups excluding carboxylic acids is 1. The maximum Gasteiger partial charge on any atom is 0.357 e. The minimum absolute atomic E-state index is 0.0253. The first kappa shape index (κ1) is 12.9. The zero-order valence-corrected chi connectivity index (χ0v) is 11.4. The number of carbonyl (C=O) groups is 1. The second-order valence-electron chi connectivity index (χ2n) is 2.49. The number of alkyl halides is 2. The van der Waals surface area contributed by atoms with E-state index in [-0.39, 0.29) is 10.8 Å². The number of ether oxygens (including phenoxy) is 1. The Morgan fingerprint density at radius 2 is 2.27 bits per heavy atom. The van der Waals surface area contributed by atoms with Crippen molar-refractivity contribution in [3.8, 4) is 0 Å². The van der Waals surface area contributed by atoms with Crippen molar-refractivity contribution in [2.75, 3.05) is 7.11 Å². The number of aromatic nitrogens is 1. The van der Waals surface area contributed by atoms with Gasteiger partial charge in [-0.3, -0.25) is 0 Å². The maximum absolute atomic E-state index is 13.1. The summed E-state index contributed by atoms with van der Waals surface area (Å²) in [5.74, 6) is -1.36. The molecule has 0 atom stereocenters. The SMILES string of the molecule is COC(=O)c1nc(Cl)c(F)cc1C(Br)Br. The first-order valence-electron chi connectivity index (χ1n) is 3.69. The molecule has 0 N–H and O–H groups in total. The molecule has 0 fully saturated rings. The number of halogens is 4. The van der Waals surface area contributed by atoms with Gasteiger partial charge in [-0.05, 0) is 6.07 Å². The summed E-state index contributed by atoms with van der Waals surface area (Å²) < 4.78 is 17.2. The number of esters is 1. The number of methoxy groups -OCH3 is 1. The molecule has 1 heterocycles. The highest BCUT2D eigenvalue weighted by molar-refractivity contribution is 9.24. The van der Waals surface area contributed by atoms with Crippen LogP contribution in [0.15, 0.2) is 6.07 Å². The molecule has 0 spiro atoms. The van der Waals surface area contributed by atoms with Gasteiger partial charge < -0.3 is 4.74 Å². The van der Waals surface area contributed by atoms with Crippen LogP contribution in [0.4, 0.5) is 4.39 Å². The standard InChI is InChI=1S/C8H5Br2ClFNO2/c1-15-8(14)5-3(6(9)10)2-4(12)7(11)13-5/h2,6H,1H3. The number of hydrogen-bond donors (Lipinski definition) is 0. The Balaban J connectivity index is 3.34. The largest absolute Gasteiger partial charge is 0.464 e. The van der Waals surface area contributed by atoms with Crippen molar-refractivity contribution >= 4 is 49.4 Å². The quantitative estimate of drug-likeness (QED) is 0.460. The van der Waals surface area contributed by atoms with Gasteiger partial charge >= 0.3 is 5.97 Å². The van der Waals surface area contributed by atoms with Crippen LogP contribution in [0.3, 0.4) is 0 Å². The highest BCUT2D eigenvalue weighted by Gasteiger charge is 2.20. The summed E-state index contributed by atoms with van der Waals surface area (Å²) in [5, 5.41) is -0.361. The minimum Gasteiger partial charge on any atom is -0.464 e. The maximum atomic E-state index is 13.1. The average Bonchev–Trinajstić information content (AvgIpc) is 2.20. The lowest BCUT2D eigenvalue weighted by Crippen LogP contribution is -2.09. The molecule has 0 unspecified atom stereocenters. The van der Waals surface area contributed by atoms with Gasteiger partial charge in [0.1, 0.15) is 0 Å². The van der Waals surface area contributed by atoms with Crippen molar-refractivity contribution in [3.05, 3.63) is 28.3 Å². The monoisotopic (exact) mass is 359 g/mol. The molecular formula is C8H5Br2ClFNO2.